The third-order valence-electron chi connectivity index (χ3n) is 7.16. The number of piperazine rings is 1. The predicted octanol–water partition coefficient (Wildman–Crippen LogP) is 1.78. The van der Waals surface area contributed by atoms with Crippen molar-refractivity contribution in [1.82, 2.24) is 20.9 Å². The summed E-state index contributed by atoms with van der Waals surface area (Å²) in [5.41, 5.74) is 1.82. The van der Waals surface area contributed by atoms with Crippen LogP contribution in [0.2, 0.25) is 0 Å². The van der Waals surface area contributed by atoms with Gasteiger partial charge in [-0.2, -0.15) is 0 Å². The van der Waals surface area contributed by atoms with Crippen LogP contribution >= 0.6 is 0 Å². The molecule has 2 saturated heterocycles. The van der Waals surface area contributed by atoms with E-state index >= 15 is 0 Å². The molecule has 0 radical (unpaired) electrons. The van der Waals surface area contributed by atoms with Gasteiger partial charge >= 0.3 is 6.03 Å². The van der Waals surface area contributed by atoms with Crippen molar-refractivity contribution in [3.05, 3.63) is 29.8 Å². The number of hydrogen-bond acceptors (Lipinski definition) is 5. The highest BCUT2D eigenvalue weighted by Crippen LogP contribution is 2.34. The van der Waals surface area contributed by atoms with Gasteiger partial charge < -0.3 is 15.5 Å². The molecule has 3 N–H and O–H groups in total. The third-order valence-corrected chi connectivity index (χ3v) is 7.16. The topological polar surface area (TPSA) is 93.8 Å². The van der Waals surface area contributed by atoms with E-state index in [4.69, 9.17) is 0 Å². The quantitative estimate of drug-likeness (QED) is 0.443. The van der Waals surface area contributed by atoms with E-state index in [1.165, 1.54) is 11.3 Å². The Balaban J connectivity index is 1.08. The van der Waals surface area contributed by atoms with Crippen LogP contribution in [0.5, 0.6) is 0 Å². The number of nitrogens with one attached hydrogen (secondary N) is 3. The van der Waals surface area contributed by atoms with Gasteiger partial charge in [-0.3, -0.25) is 19.8 Å². The first-order chi connectivity index (χ1) is 15.4. The normalized spacial score (nSPS) is 26.2. The number of imide groups is 1. The largest absolute Gasteiger partial charge is 0.369 e. The standard InChI is InChI=1S/C24H35N5O3/c1-18-5-4-6-20(17-18)29-15-13-28(14-16-29)12-3-2-11-25-21(30)19-7-9-24(10-8-19)22(31)26-23(32)27-24/h4-6,17,19H,2-3,7-16H2,1H3,(H,25,30)(H2,26,27,31,32). The van der Waals surface area contributed by atoms with Gasteiger partial charge in [0.15, 0.2) is 0 Å². The summed E-state index contributed by atoms with van der Waals surface area (Å²) in [6.07, 6.45) is 4.35. The Hall–Kier alpha value is -2.61. The summed E-state index contributed by atoms with van der Waals surface area (Å²) in [6.45, 7) is 8.17. The van der Waals surface area contributed by atoms with Crippen LogP contribution in [0.25, 0.3) is 0 Å². The summed E-state index contributed by atoms with van der Waals surface area (Å²) in [5.74, 6) is -0.238. The van der Waals surface area contributed by atoms with Gasteiger partial charge in [0.25, 0.3) is 5.91 Å². The smallest absolute Gasteiger partial charge is 0.322 e. The third kappa shape index (κ3) is 5.23. The highest BCUT2D eigenvalue weighted by Gasteiger charge is 2.48. The number of hydrogen-bond donors (Lipinski definition) is 3. The summed E-state index contributed by atoms with van der Waals surface area (Å²) < 4.78 is 0. The van der Waals surface area contributed by atoms with Crippen LogP contribution in [0.15, 0.2) is 24.3 Å². The first kappa shape index (κ1) is 22.6. The molecule has 1 aromatic rings. The van der Waals surface area contributed by atoms with E-state index in [0.717, 1.165) is 45.6 Å². The molecule has 174 valence electrons. The molecule has 1 spiro atoms. The average molecular weight is 442 g/mol. The number of aryl methyl sites for hydroxylation is 1. The van der Waals surface area contributed by atoms with Crippen LogP contribution in [-0.2, 0) is 9.59 Å². The van der Waals surface area contributed by atoms with Crippen LogP contribution in [0.3, 0.4) is 0 Å². The first-order valence-electron chi connectivity index (χ1n) is 11.9. The molecule has 4 rings (SSSR count). The van der Waals surface area contributed by atoms with Crippen LogP contribution in [0.1, 0.15) is 44.1 Å². The number of carbonyl (C=O) groups is 3. The Morgan fingerprint density at radius 3 is 2.53 bits per heavy atom. The lowest BCUT2D eigenvalue weighted by Crippen LogP contribution is -2.50. The zero-order valence-electron chi connectivity index (χ0n) is 19.0. The van der Waals surface area contributed by atoms with Gasteiger partial charge in [0, 0.05) is 44.3 Å². The first-order valence-corrected chi connectivity index (χ1v) is 11.9. The predicted molar refractivity (Wildman–Crippen MR) is 123 cm³/mol. The van der Waals surface area contributed by atoms with Crippen molar-refractivity contribution in [1.29, 1.82) is 0 Å². The SMILES string of the molecule is Cc1cccc(N2CCN(CCCCNC(=O)C3CCC4(CC3)NC(=O)NC4=O)CC2)c1. The van der Waals surface area contributed by atoms with Gasteiger partial charge in [-0.25, -0.2) is 4.79 Å². The number of urea groups is 1. The van der Waals surface area contributed by atoms with Crippen LogP contribution in [0, 0.1) is 12.8 Å². The second-order valence-corrected chi connectivity index (χ2v) is 9.43. The second kappa shape index (κ2) is 9.90. The minimum absolute atomic E-state index is 0.0689. The van der Waals surface area contributed by atoms with E-state index in [9.17, 15) is 14.4 Å². The number of carbonyl (C=O) groups excluding carboxylic acids is 3. The lowest BCUT2D eigenvalue weighted by molar-refractivity contribution is -0.130. The Morgan fingerprint density at radius 2 is 1.88 bits per heavy atom. The van der Waals surface area contributed by atoms with Crippen molar-refractivity contribution < 1.29 is 14.4 Å². The maximum atomic E-state index is 12.5. The van der Waals surface area contributed by atoms with Crippen LogP contribution < -0.4 is 20.9 Å². The molecule has 0 aromatic heterocycles. The van der Waals surface area contributed by atoms with Crippen LogP contribution in [0.4, 0.5) is 10.5 Å². The van der Waals surface area contributed by atoms with Gasteiger partial charge in [0.1, 0.15) is 5.54 Å². The Labute approximate surface area is 190 Å². The molecular weight excluding hydrogens is 406 g/mol. The van der Waals surface area contributed by atoms with Crippen molar-refractivity contribution in [3.63, 3.8) is 0 Å². The molecule has 8 heteroatoms. The van der Waals surface area contributed by atoms with E-state index < -0.39 is 11.6 Å². The fourth-order valence-corrected chi connectivity index (χ4v) is 5.12. The van der Waals surface area contributed by atoms with Gasteiger partial charge in [0.2, 0.25) is 5.91 Å². The molecule has 8 nitrogen and oxygen atoms in total. The number of unbranched alkanes of at least 4 members (excludes halogenated alkanes) is 1. The molecule has 1 saturated carbocycles. The number of amides is 4. The lowest BCUT2D eigenvalue weighted by atomic mass is 9.76. The molecule has 3 fully saturated rings. The van der Waals surface area contributed by atoms with E-state index in [1.54, 1.807) is 0 Å². The lowest BCUT2D eigenvalue weighted by Gasteiger charge is -2.36. The van der Waals surface area contributed by atoms with Gasteiger partial charge in [-0.15, -0.1) is 0 Å². The second-order valence-electron chi connectivity index (χ2n) is 9.43. The number of rotatable bonds is 7. The van der Waals surface area contributed by atoms with Crippen molar-refractivity contribution >= 4 is 23.5 Å². The molecule has 3 aliphatic rings. The Bertz CT molecular complexity index is 842. The molecule has 0 bridgehead atoms. The van der Waals surface area contributed by atoms with Crippen molar-refractivity contribution in [3.8, 4) is 0 Å². The van der Waals surface area contributed by atoms with E-state index in [2.05, 4.69) is 56.9 Å². The summed E-state index contributed by atoms with van der Waals surface area (Å²) in [4.78, 5) is 40.9. The Morgan fingerprint density at radius 1 is 1.12 bits per heavy atom. The maximum absolute atomic E-state index is 12.5. The minimum atomic E-state index is -0.794. The van der Waals surface area contributed by atoms with Crippen molar-refractivity contribution in [2.45, 2.75) is 51.0 Å². The van der Waals surface area contributed by atoms with E-state index in [1.807, 2.05) is 0 Å². The zero-order valence-corrected chi connectivity index (χ0v) is 19.0. The molecule has 4 amide bonds. The number of benzene rings is 1. The summed E-state index contributed by atoms with van der Waals surface area (Å²) >= 11 is 0. The summed E-state index contributed by atoms with van der Waals surface area (Å²) in [6, 6.07) is 8.28. The van der Waals surface area contributed by atoms with Gasteiger partial charge in [0.05, 0.1) is 0 Å². The van der Waals surface area contributed by atoms with Crippen molar-refractivity contribution in [2.24, 2.45) is 5.92 Å². The summed E-state index contributed by atoms with van der Waals surface area (Å²) in [7, 11) is 0. The van der Waals surface area contributed by atoms with Gasteiger partial charge in [-0.05, 0) is 69.7 Å². The zero-order chi connectivity index (χ0) is 22.6. The van der Waals surface area contributed by atoms with E-state index in [-0.39, 0.29) is 17.7 Å². The number of anilines is 1. The molecular formula is C24H35N5O3. The van der Waals surface area contributed by atoms with Crippen molar-refractivity contribution in [2.75, 3.05) is 44.2 Å². The monoisotopic (exact) mass is 441 g/mol. The fraction of sp³-hybridized carbons (Fsp3) is 0.625. The van der Waals surface area contributed by atoms with Crippen LogP contribution in [-0.4, -0.2) is 67.6 Å². The molecule has 1 aromatic carbocycles. The Kier molecular flexibility index (Phi) is 6.98. The average Bonchev–Trinajstić information content (AvgIpc) is 3.06. The molecule has 1 aliphatic carbocycles. The molecule has 2 aliphatic heterocycles. The number of nitrogens with zero attached hydrogens (tertiary/aromatic N) is 2. The molecule has 32 heavy (non-hydrogen) atoms. The molecule has 0 atom stereocenters. The maximum Gasteiger partial charge on any atom is 0.322 e. The molecule has 2 heterocycles. The fourth-order valence-electron chi connectivity index (χ4n) is 5.12. The highest BCUT2D eigenvalue weighted by atomic mass is 16.2. The highest BCUT2D eigenvalue weighted by molar-refractivity contribution is 6.07. The summed E-state index contributed by atoms with van der Waals surface area (Å²) in [5, 5.41) is 8.13. The van der Waals surface area contributed by atoms with Gasteiger partial charge in [-0.1, -0.05) is 12.1 Å². The minimum Gasteiger partial charge on any atom is -0.369 e. The van der Waals surface area contributed by atoms with E-state index in [0.29, 0.717) is 32.2 Å². The molecule has 0 unspecified atom stereocenters.